The predicted octanol–water partition coefficient (Wildman–Crippen LogP) is 0.701. The zero-order chi connectivity index (χ0) is 31.9. The summed E-state index contributed by atoms with van der Waals surface area (Å²) in [5.74, 6) is -0.127. The van der Waals surface area contributed by atoms with Gasteiger partial charge >= 0.3 is 29.6 Å². The van der Waals surface area contributed by atoms with Crippen molar-refractivity contribution >= 4 is 18.3 Å². The van der Waals surface area contributed by atoms with E-state index in [1.807, 2.05) is 38.1 Å². The number of furan rings is 1. The number of benzene rings is 1. The maximum Gasteiger partial charge on any atom is 1.00 e. The minimum absolute atomic E-state index is 0. The summed E-state index contributed by atoms with van der Waals surface area (Å²) in [7, 11) is 0. The molecule has 1 heterocycles. The first-order valence-corrected chi connectivity index (χ1v) is 14.9. The molecule has 2 amide bonds. The van der Waals surface area contributed by atoms with Gasteiger partial charge in [0.2, 0.25) is 5.91 Å². The van der Waals surface area contributed by atoms with Crippen molar-refractivity contribution in [1.29, 1.82) is 0 Å². The molecular weight excluding hydrogens is 563 g/mol. The van der Waals surface area contributed by atoms with Crippen LogP contribution in [0.3, 0.4) is 0 Å². The van der Waals surface area contributed by atoms with Crippen molar-refractivity contribution in [2.45, 2.75) is 104 Å². The third-order valence-electron chi connectivity index (χ3n) is 6.31. The van der Waals surface area contributed by atoms with E-state index in [0.29, 0.717) is 31.4 Å². The van der Waals surface area contributed by atoms with E-state index in [0.717, 1.165) is 24.2 Å². The van der Waals surface area contributed by atoms with Gasteiger partial charge in [0.1, 0.15) is 5.76 Å². The molecule has 0 saturated heterocycles. The smallest absolute Gasteiger partial charge is 0.554 e. The van der Waals surface area contributed by atoms with Crippen LogP contribution in [0.4, 0.5) is 0 Å². The van der Waals surface area contributed by atoms with Gasteiger partial charge in [-0.25, -0.2) is 0 Å². The number of unbranched alkanes of at least 4 members (excludes halogenated alkanes) is 1. The van der Waals surface area contributed by atoms with Gasteiger partial charge in [-0.2, -0.15) is 0 Å². The Balaban J connectivity index is 0. The molecule has 43 heavy (non-hydrogen) atoms. The minimum atomic E-state index is -0.814. The molecule has 238 valence electrons. The normalized spacial score (nSPS) is 19.3. The molecule has 0 spiro atoms. The monoisotopic (exact) mass is 614 g/mol. The Morgan fingerprint density at radius 2 is 1.74 bits per heavy atom. The summed E-state index contributed by atoms with van der Waals surface area (Å²) >= 11 is 0. The van der Waals surface area contributed by atoms with E-state index in [1.54, 1.807) is 18.4 Å². The first-order chi connectivity index (χ1) is 20.2. The van der Waals surface area contributed by atoms with E-state index < -0.39 is 24.7 Å². The summed E-state index contributed by atoms with van der Waals surface area (Å²) in [5.41, 5.74) is 1.39. The maximum atomic E-state index is 12.5. The molecule has 3 rings (SSSR count). The topological polar surface area (TPSA) is 161 Å². The van der Waals surface area contributed by atoms with Crippen molar-refractivity contribution in [2.75, 3.05) is 13.2 Å². The van der Waals surface area contributed by atoms with Gasteiger partial charge in [0.25, 0.3) is 5.91 Å². The van der Waals surface area contributed by atoms with Crippen LogP contribution < -0.4 is 45.3 Å². The summed E-state index contributed by atoms with van der Waals surface area (Å²) < 4.78 is 11.3. The second-order valence-corrected chi connectivity index (χ2v) is 9.75. The van der Waals surface area contributed by atoms with E-state index in [1.165, 1.54) is 13.3 Å². The number of amides is 2. The van der Waals surface area contributed by atoms with Gasteiger partial charge in [-0.15, -0.1) is 0 Å². The molecule has 1 saturated carbocycles. The van der Waals surface area contributed by atoms with E-state index in [2.05, 4.69) is 31.4 Å². The zero-order valence-corrected chi connectivity index (χ0v) is 29.0. The molecule has 5 atom stereocenters. The van der Waals surface area contributed by atoms with Gasteiger partial charge in [-0.05, 0) is 43.5 Å². The van der Waals surface area contributed by atoms with Gasteiger partial charge in [0.15, 0.2) is 0 Å². The fourth-order valence-electron chi connectivity index (χ4n) is 4.49. The van der Waals surface area contributed by atoms with Crippen LogP contribution in [0.2, 0.25) is 0 Å². The standard InChI is InChI=1S/C26H36N2O6.C3H8.C2H6.CH2O2.Na/c1-3-4-13-33-20-15-21(25(23(31)16-20)28-17(2)29)22(30)11-12-27-26(32)19-9-7-18(8-10-19)24-6-5-14-34-24;1-3-2;1-2;2-1-3;/h5-10,14,20-23,25,30-31H,3-4,11-13,15-16H2,1-2H3,(H,27,32)(H,28,29);3H2,1-2H3;1-2H3;1H,(H,2,3);/q;;;;+1/p-1/t20?,21?,22?,23?,25-;;;;/m0..../s1. The molecule has 1 aromatic carbocycles. The number of nitrogens with one attached hydrogen (secondary N) is 2. The third kappa shape index (κ3) is 17.0. The van der Waals surface area contributed by atoms with Crippen molar-refractivity contribution in [1.82, 2.24) is 10.6 Å². The Morgan fingerprint density at radius 3 is 2.26 bits per heavy atom. The molecular formula is C32H51N2NaO8. The van der Waals surface area contributed by atoms with Crippen molar-refractivity contribution in [3.05, 3.63) is 48.2 Å². The first-order valence-electron chi connectivity index (χ1n) is 14.9. The van der Waals surface area contributed by atoms with E-state index in [9.17, 15) is 19.8 Å². The van der Waals surface area contributed by atoms with E-state index in [4.69, 9.17) is 19.1 Å². The Kier molecular flexibility index (Phi) is 26.2. The molecule has 0 radical (unpaired) electrons. The molecule has 10 nitrogen and oxygen atoms in total. The second kappa shape index (κ2) is 26.2. The summed E-state index contributed by atoms with van der Waals surface area (Å²) in [6.45, 7) is 12.1. The number of carboxylic acid groups (broad SMARTS) is 1. The molecule has 4 unspecified atom stereocenters. The minimum Gasteiger partial charge on any atom is -0.554 e. The van der Waals surface area contributed by atoms with Crippen LogP contribution in [0.1, 0.15) is 90.4 Å². The van der Waals surface area contributed by atoms with E-state index in [-0.39, 0.29) is 59.9 Å². The fraction of sp³-hybridized carbons (Fsp3) is 0.594. The molecule has 1 aliphatic carbocycles. The number of hydrogen-bond donors (Lipinski definition) is 4. The van der Waals surface area contributed by atoms with Crippen molar-refractivity contribution < 1.29 is 68.4 Å². The van der Waals surface area contributed by atoms with Crippen LogP contribution in [-0.4, -0.2) is 66.0 Å². The number of carbonyl (C=O) groups excluding carboxylic acids is 3. The summed E-state index contributed by atoms with van der Waals surface area (Å²) in [4.78, 5) is 32.5. The number of ether oxygens (including phenoxy) is 1. The summed E-state index contributed by atoms with van der Waals surface area (Å²) in [5, 5.41) is 35.4. The number of aliphatic hydroxyl groups excluding tert-OH is 2. The first kappa shape index (κ1) is 42.9. The Hall–Kier alpha value is -2.21. The molecule has 0 aliphatic heterocycles. The predicted molar refractivity (Wildman–Crippen MR) is 161 cm³/mol. The van der Waals surface area contributed by atoms with Crippen LogP contribution in [-0.2, 0) is 14.3 Å². The third-order valence-corrected chi connectivity index (χ3v) is 6.31. The largest absolute Gasteiger partial charge is 1.00 e. The average Bonchev–Trinajstić information content (AvgIpc) is 3.51. The quantitative estimate of drug-likeness (QED) is 0.163. The Bertz CT molecular complexity index is 972. The van der Waals surface area contributed by atoms with Crippen molar-refractivity contribution in [3.8, 4) is 11.3 Å². The van der Waals surface area contributed by atoms with Gasteiger partial charge in [0.05, 0.1) is 30.6 Å². The Morgan fingerprint density at radius 1 is 1.14 bits per heavy atom. The second-order valence-electron chi connectivity index (χ2n) is 9.75. The SMILES string of the molecule is CC.CCC.CCCCOC1CC(O)[C@@H](NC(C)=O)C(C(O)CCNC(=O)c2ccc(-c3ccco3)cc2)C1.O=C[O-].[Na+]. The number of aliphatic hydroxyl groups is 2. The molecule has 11 heteroatoms. The van der Waals surface area contributed by atoms with Crippen LogP contribution in [0.25, 0.3) is 11.3 Å². The molecule has 1 aliphatic rings. The maximum absolute atomic E-state index is 12.5. The Labute approximate surface area is 279 Å². The summed E-state index contributed by atoms with van der Waals surface area (Å²) in [6, 6.07) is 10.2. The van der Waals surface area contributed by atoms with Crippen molar-refractivity contribution in [2.24, 2.45) is 5.92 Å². The van der Waals surface area contributed by atoms with Gasteiger partial charge in [0, 0.05) is 50.0 Å². The average molecular weight is 615 g/mol. The zero-order valence-electron chi connectivity index (χ0n) is 27.0. The fourth-order valence-corrected chi connectivity index (χ4v) is 4.49. The van der Waals surface area contributed by atoms with Crippen LogP contribution in [0.15, 0.2) is 47.1 Å². The van der Waals surface area contributed by atoms with Gasteiger partial charge in [-0.3, -0.25) is 9.59 Å². The van der Waals surface area contributed by atoms with Crippen molar-refractivity contribution in [3.63, 3.8) is 0 Å². The molecule has 0 bridgehead atoms. The van der Waals surface area contributed by atoms with Crippen LogP contribution in [0.5, 0.6) is 0 Å². The summed E-state index contributed by atoms with van der Waals surface area (Å²) in [6.07, 6.45) is 4.27. The molecule has 2 aromatic rings. The van der Waals surface area contributed by atoms with Crippen LogP contribution >= 0.6 is 0 Å². The molecule has 1 fully saturated rings. The van der Waals surface area contributed by atoms with Gasteiger partial charge in [-0.1, -0.05) is 59.6 Å². The van der Waals surface area contributed by atoms with Crippen LogP contribution in [0, 0.1) is 5.92 Å². The number of carbonyl (C=O) groups is 3. The van der Waals surface area contributed by atoms with E-state index >= 15 is 0 Å². The molecule has 1 aromatic heterocycles. The van der Waals surface area contributed by atoms with Gasteiger partial charge < -0.3 is 39.9 Å². The number of hydrogen-bond acceptors (Lipinski definition) is 8. The molecule has 4 N–H and O–H groups in total. The number of rotatable bonds is 11.